The lowest BCUT2D eigenvalue weighted by Crippen LogP contribution is -2.19. The van der Waals surface area contributed by atoms with E-state index >= 15 is 0 Å². The summed E-state index contributed by atoms with van der Waals surface area (Å²) in [6.45, 7) is 6.15. The molecule has 0 unspecified atom stereocenters. The molecule has 0 saturated carbocycles. The fourth-order valence-corrected chi connectivity index (χ4v) is 1.42. The molecule has 86 valence electrons. The lowest BCUT2D eigenvalue weighted by Gasteiger charge is -2.12. The van der Waals surface area contributed by atoms with Crippen LogP contribution < -0.4 is 0 Å². The second-order valence-corrected chi connectivity index (χ2v) is 3.95. The highest BCUT2D eigenvalue weighted by atomic mass is 16.5. The van der Waals surface area contributed by atoms with Gasteiger partial charge in [-0.3, -0.25) is 4.90 Å². The quantitative estimate of drug-likeness (QED) is 0.693. The van der Waals surface area contributed by atoms with Crippen molar-refractivity contribution in [2.45, 2.75) is 46.1 Å². The van der Waals surface area contributed by atoms with Gasteiger partial charge in [0.1, 0.15) is 0 Å². The Morgan fingerprint density at radius 1 is 1.27 bits per heavy atom. The zero-order chi connectivity index (χ0) is 11.1. The van der Waals surface area contributed by atoms with Crippen molar-refractivity contribution in [3.63, 3.8) is 0 Å². The third-order valence-corrected chi connectivity index (χ3v) is 2.28. The van der Waals surface area contributed by atoms with Gasteiger partial charge in [-0.2, -0.15) is 4.98 Å². The molecule has 4 nitrogen and oxygen atoms in total. The Balaban J connectivity index is 2.35. The van der Waals surface area contributed by atoms with Crippen molar-refractivity contribution in [2.24, 2.45) is 0 Å². The van der Waals surface area contributed by atoms with Crippen molar-refractivity contribution in [1.29, 1.82) is 0 Å². The van der Waals surface area contributed by atoms with Crippen molar-refractivity contribution < 1.29 is 4.52 Å². The predicted octanol–water partition coefficient (Wildman–Crippen LogP) is 2.25. The average Bonchev–Trinajstić information content (AvgIpc) is 2.63. The summed E-state index contributed by atoms with van der Waals surface area (Å²) in [5.41, 5.74) is 0. The molecule has 0 aliphatic heterocycles. The van der Waals surface area contributed by atoms with Crippen LogP contribution in [0.3, 0.4) is 0 Å². The normalized spacial score (nSPS) is 11.2. The maximum Gasteiger partial charge on any atom is 0.240 e. The van der Waals surface area contributed by atoms with Crippen LogP contribution >= 0.6 is 0 Å². The maximum absolute atomic E-state index is 5.17. The number of hydrogen-bond donors (Lipinski definition) is 0. The number of rotatable bonds is 7. The molecule has 0 bridgehead atoms. The van der Waals surface area contributed by atoms with Gasteiger partial charge in [0.15, 0.2) is 5.82 Å². The SMILES string of the molecule is CCCCN(C)Cc1nc(CCC)no1. The monoisotopic (exact) mass is 211 g/mol. The van der Waals surface area contributed by atoms with Gasteiger partial charge in [-0.25, -0.2) is 0 Å². The number of hydrogen-bond acceptors (Lipinski definition) is 4. The minimum absolute atomic E-state index is 0.733. The highest BCUT2D eigenvalue weighted by Gasteiger charge is 2.07. The van der Waals surface area contributed by atoms with Crippen LogP contribution in [0.4, 0.5) is 0 Å². The minimum Gasteiger partial charge on any atom is -0.338 e. The maximum atomic E-state index is 5.17. The zero-order valence-corrected chi connectivity index (χ0v) is 9.99. The van der Waals surface area contributed by atoms with E-state index in [0.29, 0.717) is 0 Å². The molecule has 0 fully saturated rings. The van der Waals surface area contributed by atoms with Gasteiger partial charge >= 0.3 is 0 Å². The van der Waals surface area contributed by atoms with Gasteiger partial charge in [0.2, 0.25) is 5.89 Å². The van der Waals surface area contributed by atoms with E-state index < -0.39 is 0 Å². The Hall–Kier alpha value is -0.900. The predicted molar refractivity (Wildman–Crippen MR) is 59.5 cm³/mol. The first-order chi connectivity index (χ1) is 7.26. The third-order valence-electron chi connectivity index (χ3n) is 2.28. The molecule has 1 heterocycles. The summed E-state index contributed by atoms with van der Waals surface area (Å²) in [6.07, 6.45) is 4.40. The van der Waals surface area contributed by atoms with Crippen molar-refractivity contribution in [3.05, 3.63) is 11.7 Å². The lowest BCUT2D eigenvalue weighted by molar-refractivity contribution is 0.263. The third kappa shape index (κ3) is 4.42. The molecular formula is C11H21N3O. The highest BCUT2D eigenvalue weighted by molar-refractivity contribution is 4.85. The van der Waals surface area contributed by atoms with Crippen LogP contribution in [0.2, 0.25) is 0 Å². The molecular weight excluding hydrogens is 190 g/mol. The molecule has 0 spiro atoms. The number of aromatic nitrogens is 2. The smallest absolute Gasteiger partial charge is 0.240 e. The van der Waals surface area contributed by atoms with Gasteiger partial charge in [-0.05, 0) is 26.4 Å². The van der Waals surface area contributed by atoms with E-state index in [9.17, 15) is 0 Å². The fraction of sp³-hybridized carbons (Fsp3) is 0.818. The molecule has 1 aromatic rings. The highest BCUT2D eigenvalue weighted by Crippen LogP contribution is 2.03. The molecule has 0 amide bonds. The first-order valence-corrected chi connectivity index (χ1v) is 5.76. The average molecular weight is 211 g/mol. The van der Waals surface area contributed by atoms with Gasteiger partial charge in [0, 0.05) is 6.42 Å². The van der Waals surface area contributed by atoms with Gasteiger partial charge in [0.05, 0.1) is 6.54 Å². The number of aryl methyl sites for hydroxylation is 1. The second kappa shape index (κ2) is 6.56. The molecule has 0 atom stereocenters. The molecule has 0 aliphatic rings. The van der Waals surface area contributed by atoms with Crippen molar-refractivity contribution in [2.75, 3.05) is 13.6 Å². The topological polar surface area (TPSA) is 42.2 Å². The summed E-state index contributed by atoms with van der Waals surface area (Å²) in [5.74, 6) is 1.56. The van der Waals surface area contributed by atoms with Gasteiger partial charge < -0.3 is 4.52 Å². The van der Waals surface area contributed by atoms with Crippen molar-refractivity contribution in [3.8, 4) is 0 Å². The van der Waals surface area contributed by atoms with E-state index in [2.05, 4.69) is 35.9 Å². The summed E-state index contributed by atoms with van der Waals surface area (Å²) in [7, 11) is 2.08. The van der Waals surface area contributed by atoms with E-state index in [-0.39, 0.29) is 0 Å². The Labute approximate surface area is 91.7 Å². The Kier molecular flexibility index (Phi) is 5.32. The Bertz CT molecular complexity index is 273. The van der Waals surface area contributed by atoms with Crippen LogP contribution in [0.25, 0.3) is 0 Å². The van der Waals surface area contributed by atoms with E-state index in [1.54, 1.807) is 0 Å². The molecule has 1 aromatic heterocycles. The minimum atomic E-state index is 0.733. The fourth-order valence-electron chi connectivity index (χ4n) is 1.42. The van der Waals surface area contributed by atoms with Crippen LogP contribution in [0, 0.1) is 0 Å². The van der Waals surface area contributed by atoms with E-state index in [1.165, 1.54) is 12.8 Å². The van der Waals surface area contributed by atoms with Crippen LogP contribution in [0.1, 0.15) is 44.8 Å². The van der Waals surface area contributed by atoms with E-state index in [0.717, 1.165) is 37.6 Å². The molecule has 1 rings (SSSR count). The summed E-state index contributed by atoms with van der Waals surface area (Å²) in [5, 5.41) is 3.93. The van der Waals surface area contributed by atoms with Crippen LogP contribution in [-0.4, -0.2) is 28.6 Å². The standard InChI is InChI=1S/C11H21N3O/c1-4-6-8-14(3)9-11-12-10(7-5-2)13-15-11/h4-9H2,1-3H3. The summed E-state index contributed by atoms with van der Waals surface area (Å²) in [4.78, 5) is 6.54. The van der Waals surface area contributed by atoms with E-state index in [1.807, 2.05) is 0 Å². The van der Waals surface area contributed by atoms with Gasteiger partial charge in [0.25, 0.3) is 0 Å². The molecule has 0 saturated heterocycles. The first kappa shape index (κ1) is 12.2. The summed E-state index contributed by atoms with van der Waals surface area (Å²) >= 11 is 0. The van der Waals surface area contributed by atoms with Gasteiger partial charge in [-0.1, -0.05) is 25.4 Å². The molecule has 0 aliphatic carbocycles. The summed E-state index contributed by atoms with van der Waals surface area (Å²) in [6, 6.07) is 0. The second-order valence-electron chi connectivity index (χ2n) is 3.95. The van der Waals surface area contributed by atoms with E-state index in [4.69, 9.17) is 4.52 Å². The Morgan fingerprint density at radius 2 is 2.07 bits per heavy atom. The van der Waals surface area contributed by atoms with Crippen LogP contribution in [0.5, 0.6) is 0 Å². The largest absolute Gasteiger partial charge is 0.338 e. The molecule has 0 aromatic carbocycles. The van der Waals surface area contributed by atoms with Crippen LogP contribution in [-0.2, 0) is 13.0 Å². The van der Waals surface area contributed by atoms with Gasteiger partial charge in [-0.15, -0.1) is 0 Å². The molecule has 0 N–H and O–H groups in total. The molecule has 15 heavy (non-hydrogen) atoms. The summed E-state index contributed by atoms with van der Waals surface area (Å²) < 4.78 is 5.17. The van der Waals surface area contributed by atoms with Crippen molar-refractivity contribution >= 4 is 0 Å². The lowest BCUT2D eigenvalue weighted by atomic mass is 10.3. The van der Waals surface area contributed by atoms with Crippen LogP contribution in [0.15, 0.2) is 4.52 Å². The zero-order valence-electron chi connectivity index (χ0n) is 9.99. The van der Waals surface area contributed by atoms with Crippen molar-refractivity contribution in [1.82, 2.24) is 15.0 Å². The Morgan fingerprint density at radius 3 is 2.73 bits per heavy atom. The number of nitrogens with zero attached hydrogens (tertiary/aromatic N) is 3. The molecule has 4 heteroatoms. The first-order valence-electron chi connectivity index (χ1n) is 5.76. The number of unbranched alkanes of at least 4 members (excludes halogenated alkanes) is 1. The molecule has 0 radical (unpaired) electrons.